The van der Waals surface area contributed by atoms with Crippen LogP contribution >= 0.6 is 0 Å². The minimum atomic E-state index is -3.71. The van der Waals surface area contributed by atoms with Crippen molar-refractivity contribution in [3.05, 3.63) is 59.7 Å². The Labute approximate surface area is 210 Å². The van der Waals surface area contributed by atoms with E-state index < -0.39 is 10.0 Å². The maximum atomic E-state index is 13.2. The fraction of sp³-hybridized carbons (Fsp3) is 0.462. The second-order valence-corrected chi connectivity index (χ2v) is 11.6. The molecular weight excluding hydrogens is 481 g/mol. The van der Waals surface area contributed by atoms with Crippen LogP contribution in [0.4, 0.5) is 4.39 Å². The molecule has 192 valence electrons. The summed E-state index contributed by atoms with van der Waals surface area (Å²) in [6, 6.07) is 10.8. The molecule has 36 heavy (non-hydrogen) atoms. The Balaban J connectivity index is 1.17. The van der Waals surface area contributed by atoms with Gasteiger partial charge in [-0.25, -0.2) is 22.5 Å². The number of carbonyl (C=O) groups is 1. The van der Waals surface area contributed by atoms with Crippen LogP contribution in [0.5, 0.6) is 0 Å². The topological polar surface area (TPSA) is 116 Å². The summed E-state index contributed by atoms with van der Waals surface area (Å²) in [6.45, 7) is 2.83. The molecule has 1 amide bonds. The van der Waals surface area contributed by atoms with E-state index in [1.165, 1.54) is 12.1 Å². The average molecular weight is 514 g/mol. The molecule has 5 rings (SSSR count). The summed E-state index contributed by atoms with van der Waals surface area (Å²) in [7, 11) is -3.71. The van der Waals surface area contributed by atoms with Gasteiger partial charge in [0.15, 0.2) is 0 Å². The van der Waals surface area contributed by atoms with E-state index >= 15 is 0 Å². The average Bonchev–Trinajstić information content (AvgIpc) is 3.54. The van der Waals surface area contributed by atoms with Gasteiger partial charge in [0.1, 0.15) is 11.6 Å². The molecule has 2 fully saturated rings. The Kier molecular flexibility index (Phi) is 7.09. The molecule has 4 N–H and O–H groups in total. The van der Waals surface area contributed by atoms with E-state index in [2.05, 4.69) is 25.3 Å². The second-order valence-electron chi connectivity index (χ2n) is 9.90. The van der Waals surface area contributed by atoms with Gasteiger partial charge in [0.25, 0.3) is 0 Å². The highest BCUT2D eigenvalue weighted by Crippen LogP contribution is 2.28. The number of nitrogens with zero attached hydrogens (tertiary/aromatic N) is 1. The largest absolute Gasteiger partial charge is 0.349 e. The van der Waals surface area contributed by atoms with Gasteiger partial charge in [-0.1, -0.05) is 12.1 Å². The molecule has 0 unspecified atom stereocenters. The van der Waals surface area contributed by atoms with Crippen LogP contribution in [0.1, 0.15) is 68.9 Å². The van der Waals surface area contributed by atoms with E-state index in [1.54, 1.807) is 30.3 Å². The highest BCUT2D eigenvalue weighted by atomic mass is 32.2. The number of benzene rings is 2. The van der Waals surface area contributed by atoms with Crippen LogP contribution in [0, 0.1) is 11.7 Å². The predicted octanol–water partition coefficient (Wildman–Crippen LogP) is 3.84. The zero-order chi connectivity index (χ0) is 25.3. The first-order valence-electron chi connectivity index (χ1n) is 12.6. The normalized spacial score (nSPS) is 23.6. The summed E-state index contributed by atoms with van der Waals surface area (Å²) >= 11 is 0. The predicted molar refractivity (Wildman–Crippen MR) is 135 cm³/mol. The molecule has 2 aliphatic rings. The van der Waals surface area contributed by atoms with Gasteiger partial charge in [0.05, 0.1) is 28.0 Å². The van der Waals surface area contributed by atoms with Gasteiger partial charge in [0, 0.05) is 12.0 Å². The van der Waals surface area contributed by atoms with Gasteiger partial charge in [-0.2, -0.15) is 0 Å². The van der Waals surface area contributed by atoms with E-state index in [9.17, 15) is 17.6 Å². The Hall–Kier alpha value is -2.82. The molecule has 1 aromatic heterocycles. The number of halogens is 1. The molecule has 1 aliphatic heterocycles. The standard InChI is InChI=1S/C26H32FN5O3S/c1-16(17-4-8-19(27)9-5-17)29-26(33)18-6-10-20(11-7-18)32-36(34,35)21-12-13-22-24(15-21)31-25(30-22)23-3-2-14-28-23/h4-5,8-9,12-13,15-16,18,20,23,28,32H,2-3,6-7,10-11,14H2,1H3,(H,29,33)(H,30,31)/t16-,18-,20-,23+/m1/s1. The fourth-order valence-electron chi connectivity index (χ4n) is 5.18. The lowest BCUT2D eigenvalue weighted by atomic mass is 9.85. The number of hydrogen-bond donors (Lipinski definition) is 4. The molecule has 1 saturated heterocycles. The summed E-state index contributed by atoms with van der Waals surface area (Å²) in [5.74, 6) is 0.310. The fourth-order valence-corrected chi connectivity index (χ4v) is 6.51. The summed E-state index contributed by atoms with van der Waals surface area (Å²) in [6.07, 6.45) is 4.49. The molecule has 8 nitrogen and oxygen atoms in total. The molecule has 1 saturated carbocycles. The van der Waals surface area contributed by atoms with E-state index in [0.29, 0.717) is 31.2 Å². The highest BCUT2D eigenvalue weighted by Gasteiger charge is 2.30. The maximum Gasteiger partial charge on any atom is 0.240 e. The molecule has 1 aliphatic carbocycles. The molecule has 3 aromatic rings. The van der Waals surface area contributed by atoms with E-state index in [-0.39, 0.29) is 40.7 Å². The minimum Gasteiger partial charge on any atom is -0.349 e. The van der Waals surface area contributed by atoms with E-state index in [1.807, 2.05) is 6.92 Å². The first-order chi connectivity index (χ1) is 17.3. The summed E-state index contributed by atoms with van der Waals surface area (Å²) in [5, 5.41) is 6.40. The van der Waals surface area contributed by atoms with Crippen molar-refractivity contribution in [2.45, 2.75) is 68.5 Å². The van der Waals surface area contributed by atoms with Crippen LogP contribution in [-0.2, 0) is 14.8 Å². The molecular formula is C26H32FN5O3S. The van der Waals surface area contributed by atoms with E-state index in [4.69, 9.17) is 0 Å². The molecule has 0 spiro atoms. The Bertz CT molecular complexity index is 1330. The molecule has 0 bridgehead atoms. The maximum absolute atomic E-state index is 13.2. The lowest BCUT2D eigenvalue weighted by Crippen LogP contribution is -2.41. The zero-order valence-corrected chi connectivity index (χ0v) is 21.1. The number of imidazole rings is 1. The minimum absolute atomic E-state index is 0.0512. The van der Waals surface area contributed by atoms with Crippen molar-refractivity contribution in [2.24, 2.45) is 5.92 Å². The molecule has 0 radical (unpaired) electrons. The molecule has 2 heterocycles. The third kappa shape index (κ3) is 5.45. The van der Waals surface area contributed by atoms with Crippen LogP contribution in [0.3, 0.4) is 0 Å². The van der Waals surface area contributed by atoms with E-state index in [0.717, 1.165) is 36.3 Å². The number of aromatic amines is 1. The monoisotopic (exact) mass is 513 g/mol. The van der Waals surface area contributed by atoms with Gasteiger partial charge in [-0.3, -0.25) is 4.79 Å². The first-order valence-corrected chi connectivity index (χ1v) is 14.1. The van der Waals surface area contributed by atoms with Crippen molar-refractivity contribution in [3.63, 3.8) is 0 Å². The number of fused-ring (bicyclic) bond motifs is 1. The van der Waals surface area contributed by atoms with Crippen LogP contribution in [0.2, 0.25) is 0 Å². The number of aromatic nitrogens is 2. The number of rotatable bonds is 7. The Morgan fingerprint density at radius 3 is 2.53 bits per heavy atom. The molecule has 10 heteroatoms. The Morgan fingerprint density at radius 1 is 1.08 bits per heavy atom. The zero-order valence-electron chi connectivity index (χ0n) is 20.3. The summed E-state index contributed by atoms with van der Waals surface area (Å²) in [5.41, 5.74) is 2.29. The van der Waals surface area contributed by atoms with Crippen molar-refractivity contribution >= 4 is 27.0 Å². The smallest absolute Gasteiger partial charge is 0.240 e. The first kappa shape index (κ1) is 24.9. The molecule has 2 atom stereocenters. The van der Waals surface area contributed by atoms with Crippen molar-refractivity contribution in [2.75, 3.05) is 6.54 Å². The number of sulfonamides is 1. The summed E-state index contributed by atoms with van der Waals surface area (Å²) < 4.78 is 42.1. The SMILES string of the molecule is C[C@@H](NC(=O)[C@H]1CC[C@H](NS(=O)(=O)c2ccc3[nH]c([C@@H]4CCCN4)nc3c2)CC1)c1ccc(F)cc1. The number of carbonyl (C=O) groups excluding carboxylic acids is 1. The van der Waals surface area contributed by atoms with Crippen LogP contribution < -0.4 is 15.4 Å². The Morgan fingerprint density at radius 2 is 1.83 bits per heavy atom. The second kappa shape index (κ2) is 10.3. The number of hydrogen-bond acceptors (Lipinski definition) is 5. The third-order valence-corrected chi connectivity index (χ3v) is 8.84. The van der Waals surface area contributed by atoms with Gasteiger partial charge >= 0.3 is 0 Å². The van der Waals surface area contributed by atoms with Gasteiger partial charge in [-0.05, 0) is 87.9 Å². The van der Waals surface area contributed by atoms with Crippen LogP contribution in [0.25, 0.3) is 11.0 Å². The quantitative estimate of drug-likeness (QED) is 0.383. The van der Waals surface area contributed by atoms with Crippen molar-refractivity contribution < 1.29 is 17.6 Å². The van der Waals surface area contributed by atoms with Crippen LogP contribution in [-0.4, -0.2) is 36.9 Å². The van der Waals surface area contributed by atoms with Gasteiger partial charge in [-0.15, -0.1) is 0 Å². The highest BCUT2D eigenvalue weighted by molar-refractivity contribution is 7.89. The number of H-pyrrole nitrogens is 1. The summed E-state index contributed by atoms with van der Waals surface area (Å²) in [4.78, 5) is 20.9. The lowest BCUT2D eigenvalue weighted by Gasteiger charge is -2.29. The number of nitrogens with one attached hydrogen (secondary N) is 4. The molecule has 2 aromatic carbocycles. The van der Waals surface area contributed by atoms with Gasteiger partial charge < -0.3 is 15.6 Å². The number of amides is 1. The van der Waals surface area contributed by atoms with Crippen molar-refractivity contribution in [1.82, 2.24) is 25.3 Å². The van der Waals surface area contributed by atoms with Crippen molar-refractivity contribution in [1.29, 1.82) is 0 Å². The van der Waals surface area contributed by atoms with Gasteiger partial charge in [0.2, 0.25) is 15.9 Å². The third-order valence-electron chi connectivity index (χ3n) is 7.32. The van der Waals surface area contributed by atoms with Crippen LogP contribution in [0.15, 0.2) is 47.4 Å². The lowest BCUT2D eigenvalue weighted by molar-refractivity contribution is -0.126. The van der Waals surface area contributed by atoms with Crippen molar-refractivity contribution in [3.8, 4) is 0 Å².